The van der Waals surface area contributed by atoms with E-state index in [1.165, 1.54) is 24.2 Å². The fourth-order valence-electron chi connectivity index (χ4n) is 3.37. The Balaban J connectivity index is 1.60. The lowest BCUT2D eigenvalue weighted by Gasteiger charge is -2.35. The van der Waals surface area contributed by atoms with E-state index in [2.05, 4.69) is 34.3 Å². The number of nitrogens with one attached hydrogen (secondary N) is 2. The van der Waals surface area contributed by atoms with Crippen LogP contribution in [-0.2, 0) is 4.79 Å². The second-order valence-corrected chi connectivity index (χ2v) is 8.40. The van der Waals surface area contributed by atoms with Gasteiger partial charge in [-0.25, -0.2) is 9.37 Å². The summed E-state index contributed by atoms with van der Waals surface area (Å²) in [5, 5.41) is 10.2. The van der Waals surface area contributed by atoms with Gasteiger partial charge in [0.05, 0.1) is 10.8 Å². The van der Waals surface area contributed by atoms with Crippen LogP contribution in [0.1, 0.15) is 40.0 Å². The van der Waals surface area contributed by atoms with Gasteiger partial charge >= 0.3 is 0 Å². The van der Waals surface area contributed by atoms with E-state index in [0.29, 0.717) is 28.4 Å². The second-order valence-electron chi connectivity index (χ2n) is 7.09. The van der Waals surface area contributed by atoms with E-state index in [1.807, 2.05) is 6.92 Å². The summed E-state index contributed by atoms with van der Waals surface area (Å²) in [6, 6.07) is 6.63. The predicted octanol–water partition coefficient (Wildman–Crippen LogP) is 4.03. The number of carbonyl (C=O) groups is 1. The van der Waals surface area contributed by atoms with Crippen molar-refractivity contribution in [2.24, 2.45) is 11.8 Å². The highest BCUT2D eigenvalue weighted by Gasteiger charge is 2.29. The monoisotopic (exact) mass is 376 g/mol. The molecule has 3 rings (SSSR count). The fourth-order valence-corrected chi connectivity index (χ4v) is 4.10. The van der Waals surface area contributed by atoms with Crippen molar-refractivity contribution in [3.8, 4) is 11.4 Å². The number of rotatable bonds is 5. The molecule has 0 bridgehead atoms. The number of carbonyl (C=O) groups excluding carboxylic acids is 1. The maximum atomic E-state index is 13.8. The second kappa shape index (κ2) is 8.20. The Morgan fingerprint density at radius 2 is 2.12 bits per heavy atom. The van der Waals surface area contributed by atoms with Crippen LogP contribution in [0, 0.1) is 17.7 Å². The summed E-state index contributed by atoms with van der Waals surface area (Å²) in [6.07, 6.45) is 3.42. The minimum atomic E-state index is -0.355. The molecule has 1 heterocycles. The van der Waals surface area contributed by atoms with Gasteiger partial charge in [-0.3, -0.25) is 9.89 Å². The normalized spacial score (nSPS) is 24.2. The average Bonchev–Trinajstić information content (AvgIpc) is 3.07. The standard InChI is InChI=1S/C19H25FN4OS/c1-11-7-6-10-16(12(11)2)21-18(25)13(3)26-19-22-17(23-24-19)14-8-4-5-9-15(14)20/h4-5,8-9,11-13,16H,6-7,10H2,1-3H3,(H,21,25)(H,22,23,24)/t11-,12+,13+,16-/m0/s1. The van der Waals surface area contributed by atoms with E-state index < -0.39 is 0 Å². The van der Waals surface area contributed by atoms with Crippen LogP contribution in [0.5, 0.6) is 0 Å². The van der Waals surface area contributed by atoms with E-state index in [4.69, 9.17) is 0 Å². The number of H-pyrrole nitrogens is 1. The lowest BCUT2D eigenvalue weighted by Crippen LogP contribution is -2.46. The Hall–Kier alpha value is -1.89. The van der Waals surface area contributed by atoms with Crippen LogP contribution in [0.2, 0.25) is 0 Å². The first kappa shape index (κ1) is 18.9. The molecular formula is C19H25FN4OS. The van der Waals surface area contributed by atoms with Crippen LogP contribution < -0.4 is 5.32 Å². The van der Waals surface area contributed by atoms with Crippen LogP contribution in [0.15, 0.2) is 29.4 Å². The Bertz CT molecular complexity index is 766. The van der Waals surface area contributed by atoms with Crippen LogP contribution >= 0.6 is 11.8 Å². The maximum Gasteiger partial charge on any atom is 0.233 e. The molecule has 0 spiro atoms. The van der Waals surface area contributed by atoms with E-state index in [1.54, 1.807) is 18.2 Å². The first-order valence-electron chi connectivity index (χ1n) is 9.10. The van der Waals surface area contributed by atoms with Crippen molar-refractivity contribution in [2.75, 3.05) is 0 Å². The van der Waals surface area contributed by atoms with Crippen molar-refractivity contribution >= 4 is 17.7 Å². The van der Waals surface area contributed by atoms with Gasteiger partial charge in [0.15, 0.2) is 5.82 Å². The zero-order chi connectivity index (χ0) is 18.7. The van der Waals surface area contributed by atoms with Crippen molar-refractivity contribution in [2.45, 2.75) is 56.5 Å². The molecule has 2 aromatic rings. The van der Waals surface area contributed by atoms with Gasteiger partial charge in [0.25, 0.3) is 0 Å². The molecule has 1 fully saturated rings. The number of nitrogens with zero attached hydrogens (tertiary/aromatic N) is 2. The number of amides is 1. The molecule has 7 heteroatoms. The minimum absolute atomic E-state index is 0.00167. The van der Waals surface area contributed by atoms with Gasteiger partial charge in [-0.1, -0.05) is 50.6 Å². The fraction of sp³-hybridized carbons (Fsp3) is 0.526. The topological polar surface area (TPSA) is 70.7 Å². The number of thioether (sulfide) groups is 1. The molecule has 1 saturated carbocycles. The van der Waals surface area contributed by atoms with Crippen LogP contribution in [0.4, 0.5) is 4.39 Å². The number of halogens is 1. The van der Waals surface area contributed by atoms with Gasteiger partial charge in [-0.05, 0) is 37.3 Å². The smallest absolute Gasteiger partial charge is 0.233 e. The molecule has 1 aromatic carbocycles. The molecule has 0 radical (unpaired) electrons. The predicted molar refractivity (Wildman–Crippen MR) is 101 cm³/mol. The summed E-state index contributed by atoms with van der Waals surface area (Å²) >= 11 is 1.28. The van der Waals surface area contributed by atoms with Crippen LogP contribution in [0.3, 0.4) is 0 Å². The SMILES string of the molecule is C[C@H]1[C@@H](NC(=O)[C@@H](C)Sc2n[nH]c(-c3ccccc3F)n2)CCC[C@@H]1C. The molecule has 1 aliphatic rings. The quantitative estimate of drug-likeness (QED) is 0.773. The molecule has 0 unspecified atom stereocenters. The third-order valence-corrected chi connectivity index (χ3v) is 6.24. The number of hydrogen-bond acceptors (Lipinski definition) is 4. The highest BCUT2D eigenvalue weighted by atomic mass is 32.2. The van der Waals surface area contributed by atoms with Crippen molar-refractivity contribution in [3.05, 3.63) is 30.1 Å². The Morgan fingerprint density at radius 1 is 1.35 bits per heavy atom. The third kappa shape index (κ3) is 4.26. The van der Waals surface area contributed by atoms with Gasteiger partial charge in [-0.15, -0.1) is 5.10 Å². The molecule has 0 saturated heterocycles. The highest BCUT2D eigenvalue weighted by molar-refractivity contribution is 8.00. The maximum absolute atomic E-state index is 13.8. The molecule has 0 aliphatic heterocycles. The largest absolute Gasteiger partial charge is 0.352 e. The average molecular weight is 377 g/mol. The highest BCUT2D eigenvalue weighted by Crippen LogP contribution is 2.30. The Kier molecular flexibility index (Phi) is 5.96. The van der Waals surface area contributed by atoms with Gasteiger partial charge in [0.2, 0.25) is 11.1 Å². The molecule has 5 nitrogen and oxygen atoms in total. The zero-order valence-corrected chi connectivity index (χ0v) is 16.1. The van der Waals surface area contributed by atoms with Gasteiger partial charge in [0, 0.05) is 6.04 Å². The van der Waals surface area contributed by atoms with Gasteiger partial charge in [-0.2, -0.15) is 0 Å². The molecule has 1 aromatic heterocycles. The van der Waals surface area contributed by atoms with Crippen LogP contribution in [0.25, 0.3) is 11.4 Å². The summed E-state index contributed by atoms with van der Waals surface area (Å²) in [7, 11) is 0. The molecule has 4 atom stereocenters. The third-order valence-electron chi connectivity index (χ3n) is 5.28. The van der Waals surface area contributed by atoms with Gasteiger partial charge in [0.1, 0.15) is 5.82 Å². The van der Waals surface area contributed by atoms with E-state index in [-0.39, 0.29) is 23.0 Å². The molecule has 1 aliphatic carbocycles. The number of aromatic nitrogens is 3. The Labute approximate surface area is 157 Å². The zero-order valence-electron chi connectivity index (χ0n) is 15.3. The van der Waals surface area contributed by atoms with Crippen molar-refractivity contribution in [3.63, 3.8) is 0 Å². The molecule has 140 valence electrons. The molecule has 1 amide bonds. The summed E-state index contributed by atoms with van der Waals surface area (Å²) in [5.74, 6) is 1.13. The van der Waals surface area contributed by atoms with Crippen molar-refractivity contribution in [1.82, 2.24) is 20.5 Å². The first-order chi connectivity index (χ1) is 12.5. The van der Waals surface area contributed by atoms with Gasteiger partial charge < -0.3 is 5.32 Å². The van der Waals surface area contributed by atoms with Crippen molar-refractivity contribution in [1.29, 1.82) is 0 Å². The lowest BCUT2D eigenvalue weighted by molar-refractivity contribution is -0.121. The summed E-state index contributed by atoms with van der Waals surface area (Å²) < 4.78 is 13.8. The number of hydrogen-bond donors (Lipinski definition) is 2. The minimum Gasteiger partial charge on any atom is -0.352 e. The van der Waals surface area contributed by atoms with E-state index in [0.717, 1.165) is 12.8 Å². The summed E-state index contributed by atoms with van der Waals surface area (Å²) in [4.78, 5) is 16.9. The number of aromatic amines is 1. The number of benzene rings is 1. The molecule has 2 N–H and O–H groups in total. The Morgan fingerprint density at radius 3 is 2.88 bits per heavy atom. The lowest BCUT2D eigenvalue weighted by atomic mass is 9.78. The summed E-state index contributed by atoms with van der Waals surface area (Å²) in [6.45, 7) is 6.30. The summed E-state index contributed by atoms with van der Waals surface area (Å²) in [5.41, 5.74) is 0.369. The van der Waals surface area contributed by atoms with Crippen LogP contribution in [-0.4, -0.2) is 32.4 Å². The molecular weight excluding hydrogens is 351 g/mol. The first-order valence-corrected chi connectivity index (χ1v) is 9.98. The van der Waals surface area contributed by atoms with E-state index >= 15 is 0 Å². The molecule has 26 heavy (non-hydrogen) atoms. The van der Waals surface area contributed by atoms with Crippen molar-refractivity contribution < 1.29 is 9.18 Å². The van der Waals surface area contributed by atoms with E-state index in [9.17, 15) is 9.18 Å².